The number of pyridine rings is 1. The van der Waals surface area contributed by atoms with Gasteiger partial charge < -0.3 is 14.9 Å². The fraction of sp³-hybridized carbons (Fsp3) is 0.480. The monoisotopic (exact) mass is 933 g/mol. The van der Waals surface area contributed by atoms with Gasteiger partial charge in [-0.1, -0.05) is 132 Å². The second-order valence-corrected chi connectivity index (χ2v) is 17.6. The Balaban J connectivity index is 0.000000448. The summed E-state index contributed by atoms with van der Waals surface area (Å²) in [4.78, 5) is 19.3. The molecule has 56 heavy (non-hydrogen) atoms. The molecule has 1 aliphatic rings. The summed E-state index contributed by atoms with van der Waals surface area (Å²) in [5.74, 6) is 1.41. The Kier molecular flexibility index (Phi) is 17.0. The first-order chi connectivity index (χ1) is 26.0. The molecule has 0 atom stereocenters. The summed E-state index contributed by atoms with van der Waals surface area (Å²) >= 11 is 0. The molecule has 0 bridgehead atoms. The average molecular weight is 932 g/mol. The van der Waals surface area contributed by atoms with Crippen LogP contribution in [0.2, 0.25) is 0 Å². The molecule has 4 aromatic rings. The molecule has 1 N–H and O–H groups in total. The van der Waals surface area contributed by atoms with Crippen LogP contribution >= 0.6 is 0 Å². The largest absolute Gasteiger partial charge is 0.512 e. The van der Waals surface area contributed by atoms with Gasteiger partial charge in [-0.15, -0.1) is 34.9 Å². The number of carbonyl (C=O) groups excluding carboxylic acids is 1. The number of aliphatic hydroxyl groups excluding tert-OH is 1. The van der Waals surface area contributed by atoms with E-state index in [9.17, 15) is 9.90 Å². The van der Waals surface area contributed by atoms with E-state index in [2.05, 4.69) is 135 Å². The number of aromatic nitrogens is 1. The van der Waals surface area contributed by atoms with Gasteiger partial charge in [0.05, 0.1) is 5.76 Å². The predicted molar refractivity (Wildman–Crippen MR) is 238 cm³/mol. The molecule has 0 saturated heterocycles. The SMILES string of the molecule is CCC(CC)C(=O)/C=C(\O)C(CC)CC.Cc1[c-]c(-c2nccc3c2-c2cccc(CC(C)(C)C)c2B(c2c(C(C)C)cccc2C(C)C)N3C)cc(C)c1.[Ir]. The molecule has 0 fully saturated rings. The van der Waals surface area contributed by atoms with Gasteiger partial charge in [0, 0.05) is 49.9 Å². The van der Waals surface area contributed by atoms with Crippen molar-refractivity contribution in [2.75, 3.05) is 11.9 Å². The van der Waals surface area contributed by atoms with Gasteiger partial charge in [-0.3, -0.25) is 4.79 Å². The molecular weight excluding hydrogens is 864 g/mol. The van der Waals surface area contributed by atoms with Crippen molar-refractivity contribution in [2.45, 2.75) is 134 Å². The molecule has 0 saturated carbocycles. The predicted octanol–water partition coefficient (Wildman–Crippen LogP) is 12.1. The molecule has 303 valence electrons. The maximum atomic E-state index is 11.7. The van der Waals surface area contributed by atoms with Crippen molar-refractivity contribution >= 4 is 29.2 Å². The van der Waals surface area contributed by atoms with Crippen LogP contribution in [-0.4, -0.2) is 29.8 Å². The number of carbonyl (C=O) groups is 1. The zero-order valence-electron chi connectivity index (χ0n) is 36.9. The van der Waals surface area contributed by atoms with Crippen molar-refractivity contribution < 1.29 is 30.0 Å². The number of anilines is 1. The minimum absolute atomic E-state index is 0. The van der Waals surface area contributed by atoms with E-state index in [4.69, 9.17) is 4.98 Å². The van der Waals surface area contributed by atoms with Gasteiger partial charge >= 0.3 is 6.85 Å². The van der Waals surface area contributed by atoms with Crippen molar-refractivity contribution in [1.29, 1.82) is 0 Å². The van der Waals surface area contributed by atoms with Crippen LogP contribution < -0.4 is 15.7 Å². The first-order valence-electron chi connectivity index (χ1n) is 20.9. The van der Waals surface area contributed by atoms with E-state index in [0.29, 0.717) is 11.8 Å². The minimum atomic E-state index is 0. The summed E-state index contributed by atoms with van der Waals surface area (Å²) < 4.78 is 0. The van der Waals surface area contributed by atoms with Crippen LogP contribution in [0.4, 0.5) is 5.69 Å². The zero-order chi connectivity index (χ0) is 40.8. The van der Waals surface area contributed by atoms with E-state index in [1.54, 1.807) is 0 Å². The Labute approximate surface area is 354 Å². The van der Waals surface area contributed by atoms with Gasteiger partial charge in [-0.05, 0) is 101 Å². The van der Waals surface area contributed by atoms with Gasteiger partial charge in [0.25, 0.3) is 0 Å². The Morgan fingerprint density at radius 3 is 1.95 bits per heavy atom. The van der Waals surface area contributed by atoms with Crippen LogP contribution in [0.3, 0.4) is 0 Å². The number of rotatable bonds is 12. The number of benzene rings is 3. The molecular formula is C50H68BIrN2O2-. The third-order valence-corrected chi connectivity index (χ3v) is 11.3. The number of ketones is 1. The number of aryl methyl sites for hydroxylation is 2. The fourth-order valence-electron chi connectivity index (χ4n) is 8.49. The van der Waals surface area contributed by atoms with E-state index >= 15 is 0 Å². The Morgan fingerprint density at radius 1 is 0.857 bits per heavy atom. The third kappa shape index (κ3) is 10.7. The maximum absolute atomic E-state index is 11.7. The van der Waals surface area contributed by atoms with Crippen LogP contribution in [-0.2, 0) is 31.3 Å². The zero-order valence-corrected chi connectivity index (χ0v) is 39.3. The molecule has 0 aliphatic carbocycles. The number of hydrogen-bond donors (Lipinski definition) is 1. The van der Waals surface area contributed by atoms with Crippen LogP contribution in [0, 0.1) is 37.2 Å². The van der Waals surface area contributed by atoms with Crippen LogP contribution in [0.25, 0.3) is 22.4 Å². The summed E-state index contributed by atoms with van der Waals surface area (Å²) in [6.07, 6.45) is 7.90. The molecule has 0 unspecified atom stereocenters. The molecule has 3 aromatic carbocycles. The first-order valence-corrected chi connectivity index (χ1v) is 20.9. The fourth-order valence-corrected chi connectivity index (χ4v) is 8.49. The van der Waals surface area contributed by atoms with Crippen molar-refractivity contribution in [1.82, 2.24) is 4.98 Å². The van der Waals surface area contributed by atoms with Crippen LogP contribution in [0.1, 0.15) is 141 Å². The molecule has 2 heterocycles. The Bertz CT molecular complexity index is 1920. The molecule has 1 aromatic heterocycles. The number of fused-ring (bicyclic) bond motifs is 3. The standard InChI is InChI=1S/C37H44BN2.C13H24O2.Ir/c1-23(2)29-14-12-15-30(24(3)4)35(29)38-34-27(22-37(7,8)9)13-11-16-31(34)33-32(40(38)10)17-18-39-36(33)28-20-25(5)19-26(6)21-28;1-5-10(6-2)12(14)9-13(15)11(7-3)8-4;/h11-20,23-24H,22H2,1-10H3;9-11,14H,5-8H2,1-4H3;/q-1;;/b;12-9-;. The average Bonchev–Trinajstić information content (AvgIpc) is 3.12. The maximum Gasteiger partial charge on any atom is 0.324 e. The molecule has 5 rings (SSSR count). The topological polar surface area (TPSA) is 53.4 Å². The molecule has 0 amide bonds. The number of aliphatic hydroxyl groups is 1. The molecule has 1 radical (unpaired) electrons. The molecule has 4 nitrogen and oxygen atoms in total. The van der Waals surface area contributed by atoms with Crippen molar-refractivity contribution in [3.05, 3.63) is 107 Å². The van der Waals surface area contributed by atoms with Gasteiger partial charge in [0.2, 0.25) is 0 Å². The van der Waals surface area contributed by atoms with Crippen LogP contribution in [0.5, 0.6) is 0 Å². The van der Waals surface area contributed by atoms with Crippen molar-refractivity contribution in [2.24, 2.45) is 17.3 Å². The summed E-state index contributed by atoms with van der Waals surface area (Å²) in [7, 11) is 2.29. The summed E-state index contributed by atoms with van der Waals surface area (Å²) in [5.41, 5.74) is 15.6. The summed E-state index contributed by atoms with van der Waals surface area (Å²) in [6.45, 7) is 28.9. The minimum Gasteiger partial charge on any atom is -0.512 e. The van der Waals surface area contributed by atoms with Gasteiger partial charge in [-0.2, -0.15) is 0 Å². The first kappa shape index (κ1) is 46.9. The van der Waals surface area contributed by atoms with E-state index in [1.165, 1.54) is 56.1 Å². The molecule has 6 heteroatoms. The normalized spacial score (nSPS) is 12.8. The Morgan fingerprint density at radius 2 is 1.43 bits per heavy atom. The summed E-state index contributed by atoms with van der Waals surface area (Å²) in [5, 5.41) is 9.76. The van der Waals surface area contributed by atoms with E-state index in [0.717, 1.165) is 48.9 Å². The van der Waals surface area contributed by atoms with Gasteiger partial charge in [0.15, 0.2) is 5.78 Å². The van der Waals surface area contributed by atoms with Crippen molar-refractivity contribution in [3.63, 3.8) is 0 Å². The van der Waals surface area contributed by atoms with Gasteiger partial charge in [-0.25, -0.2) is 0 Å². The van der Waals surface area contributed by atoms with Gasteiger partial charge in [0.1, 0.15) is 0 Å². The summed E-state index contributed by atoms with van der Waals surface area (Å²) in [6, 6.07) is 24.2. The van der Waals surface area contributed by atoms with Crippen molar-refractivity contribution in [3.8, 4) is 22.4 Å². The Hall–Kier alpha value is -3.47. The molecule has 1 aliphatic heterocycles. The van der Waals surface area contributed by atoms with E-state index in [1.807, 2.05) is 33.9 Å². The molecule has 0 spiro atoms. The number of hydrogen-bond acceptors (Lipinski definition) is 4. The number of allylic oxidation sites excluding steroid dienone is 2. The number of nitrogens with zero attached hydrogens (tertiary/aromatic N) is 2. The second-order valence-electron chi connectivity index (χ2n) is 17.6. The van der Waals surface area contributed by atoms with E-state index in [-0.39, 0.29) is 55.7 Å². The second kappa shape index (κ2) is 20.3. The third-order valence-electron chi connectivity index (χ3n) is 11.3. The quantitative estimate of drug-likeness (QED) is 0.0666. The van der Waals surface area contributed by atoms with E-state index < -0.39 is 0 Å². The smallest absolute Gasteiger partial charge is 0.324 e. The van der Waals surface area contributed by atoms with Crippen LogP contribution in [0.15, 0.2) is 72.6 Å².